The van der Waals surface area contributed by atoms with Gasteiger partial charge in [0.05, 0.1) is 12.8 Å². The van der Waals surface area contributed by atoms with Gasteiger partial charge in [-0.1, -0.05) is 43.7 Å². The zero-order chi connectivity index (χ0) is 15.8. The van der Waals surface area contributed by atoms with Crippen LogP contribution in [0.4, 0.5) is 0 Å². The molecule has 0 fully saturated rings. The number of ether oxygens (including phenoxy) is 1. The van der Waals surface area contributed by atoms with Crippen molar-refractivity contribution in [2.75, 3.05) is 7.11 Å². The standard InChI is InChI=1S/C18H20N2O2/c1-3-7-17(14-8-5-4-6-9-14)19-20-18(21)15-10-12-16(22-2)13-11-15/h4-6,8-13H,3,7H2,1-2H3,(H,20,21)/b19-17-. The van der Waals surface area contributed by atoms with Crippen molar-refractivity contribution in [2.45, 2.75) is 19.8 Å². The molecular weight excluding hydrogens is 276 g/mol. The van der Waals surface area contributed by atoms with E-state index < -0.39 is 0 Å². The number of carbonyl (C=O) groups excluding carboxylic acids is 1. The molecule has 0 aromatic heterocycles. The van der Waals surface area contributed by atoms with Crippen molar-refractivity contribution in [3.63, 3.8) is 0 Å². The average molecular weight is 296 g/mol. The molecule has 0 aliphatic rings. The van der Waals surface area contributed by atoms with E-state index in [4.69, 9.17) is 4.74 Å². The van der Waals surface area contributed by atoms with E-state index in [-0.39, 0.29) is 5.91 Å². The summed E-state index contributed by atoms with van der Waals surface area (Å²) in [6.45, 7) is 2.09. The first kappa shape index (κ1) is 15.8. The lowest BCUT2D eigenvalue weighted by Crippen LogP contribution is -2.20. The number of amides is 1. The second-order valence-corrected chi connectivity index (χ2v) is 4.84. The molecule has 4 nitrogen and oxygen atoms in total. The highest BCUT2D eigenvalue weighted by Gasteiger charge is 2.07. The first-order valence-corrected chi connectivity index (χ1v) is 7.31. The Bertz CT molecular complexity index is 634. The number of rotatable bonds is 6. The van der Waals surface area contributed by atoms with Gasteiger partial charge in [-0.15, -0.1) is 0 Å². The van der Waals surface area contributed by atoms with E-state index in [1.54, 1.807) is 31.4 Å². The van der Waals surface area contributed by atoms with Gasteiger partial charge in [-0.25, -0.2) is 5.43 Å². The molecule has 1 amide bonds. The van der Waals surface area contributed by atoms with E-state index in [2.05, 4.69) is 17.5 Å². The monoisotopic (exact) mass is 296 g/mol. The second kappa shape index (κ2) is 7.98. The van der Waals surface area contributed by atoms with E-state index in [0.29, 0.717) is 5.56 Å². The zero-order valence-corrected chi connectivity index (χ0v) is 12.9. The Kier molecular flexibility index (Phi) is 5.72. The second-order valence-electron chi connectivity index (χ2n) is 4.84. The van der Waals surface area contributed by atoms with Crippen molar-refractivity contribution in [3.05, 3.63) is 65.7 Å². The van der Waals surface area contributed by atoms with Crippen molar-refractivity contribution in [1.82, 2.24) is 5.43 Å². The fraction of sp³-hybridized carbons (Fsp3) is 0.222. The molecule has 0 heterocycles. The maximum Gasteiger partial charge on any atom is 0.271 e. The van der Waals surface area contributed by atoms with Gasteiger partial charge in [-0.05, 0) is 36.2 Å². The van der Waals surface area contributed by atoms with Crippen LogP contribution < -0.4 is 10.2 Å². The quantitative estimate of drug-likeness (QED) is 0.653. The van der Waals surface area contributed by atoms with Crippen LogP contribution in [0.1, 0.15) is 35.7 Å². The Balaban J connectivity index is 2.11. The molecule has 22 heavy (non-hydrogen) atoms. The zero-order valence-electron chi connectivity index (χ0n) is 12.9. The topological polar surface area (TPSA) is 50.7 Å². The van der Waals surface area contributed by atoms with Crippen molar-refractivity contribution in [1.29, 1.82) is 0 Å². The van der Waals surface area contributed by atoms with Crippen molar-refractivity contribution < 1.29 is 9.53 Å². The fourth-order valence-corrected chi connectivity index (χ4v) is 2.06. The predicted octanol–water partition coefficient (Wildman–Crippen LogP) is 3.63. The number of hydrazone groups is 1. The van der Waals surface area contributed by atoms with E-state index in [9.17, 15) is 4.79 Å². The van der Waals surface area contributed by atoms with Crippen LogP contribution in [-0.4, -0.2) is 18.7 Å². The Morgan fingerprint density at radius 3 is 2.32 bits per heavy atom. The van der Waals surface area contributed by atoms with Crippen LogP contribution in [0.25, 0.3) is 0 Å². The minimum absolute atomic E-state index is 0.229. The Labute approximate surface area is 130 Å². The maximum atomic E-state index is 12.1. The molecular formula is C18H20N2O2. The van der Waals surface area contributed by atoms with Gasteiger partial charge in [0, 0.05) is 5.56 Å². The van der Waals surface area contributed by atoms with E-state index in [0.717, 1.165) is 29.9 Å². The maximum absolute atomic E-state index is 12.1. The molecule has 114 valence electrons. The predicted molar refractivity (Wildman–Crippen MR) is 88.3 cm³/mol. The van der Waals surface area contributed by atoms with Crippen LogP contribution in [-0.2, 0) is 0 Å². The van der Waals surface area contributed by atoms with Gasteiger partial charge in [-0.2, -0.15) is 5.10 Å². The third kappa shape index (κ3) is 4.19. The third-order valence-electron chi connectivity index (χ3n) is 3.24. The number of benzene rings is 2. The highest BCUT2D eigenvalue weighted by atomic mass is 16.5. The van der Waals surface area contributed by atoms with E-state index in [1.807, 2.05) is 30.3 Å². The smallest absolute Gasteiger partial charge is 0.271 e. The van der Waals surface area contributed by atoms with Crippen LogP contribution in [0.2, 0.25) is 0 Å². The molecule has 0 atom stereocenters. The van der Waals surface area contributed by atoms with Gasteiger partial charge < -0.3 is 4.74 Å². The van der Waals surface area contributed by atoms with Gasteiger partial charge in [0.25, 0.3) is 5.91 Å². The molecule has 0 radical (unpaired) electrons. The summed E-state index contributed by atoms with van der Waals surface area (Å²) in [4.78, 5) is 12.1. The summed E-state index contributed by atoms with van der Waals surface area (Å²) in [5.74, 6) is 0.489. The first-order valence-electron chi connectivity index (χ1n) is 7.31. The molecule has 4 heteroatoms. The summed E-state index contributed by atoms with van der Waals surface area (Å²) < 4.78 is 5.08. The summed E-state index contributed by atoms with van der Waals surface area (Å²) >= 11 is 0. The van der Waals surface area contributed by atoms with Crippen molar-refractivity contribution >= 4 is 11.6 Å². The number of nitrogens with zero attached hydrogens (tertiary/aromatic N) is 1. The molecule has 0 saturated carbocycles. The summed E-state index contributed by atoms with van der Waals surface area (Å²) in [5, 5.41) is 4.29. The molecule has 0 unspecified atom stereocenters. The molecule has 2 aromatic carbocycles. The fourth-order valence-electron chi connectivity index (χ4n) is 2.06. The van der Waals surface area contributed by atoms with Crippen LogP contribution in [0.3, 0.4) is 0 Å². The number of hydrogen-bond acceptors (Lipinski definition) is 3. The van der Waals surface area contributed by atoms with E-state index >= 15 is 0 Å². The largest absolute Gasteiger partial charge is 0.497 e. The third-order valence-corrected chi connectivity index (χ3v) is 3.24. The molecule has 2 rings (SSSR count). The van der Waals surface area contributed by atoms with Gasteiger partial charge in [-0.3, -0.25) is 4.79 Å². The summed E-state index contributed by atoms with van der Waals surface area (Å²) in [7, 11) is 1.59. The highest BCUT2D eigenvalue weighted by molar-refractivity contribution is 6.02. The molecule has 2 aromatic rings. The number of methoxy groups -OCH3 is 1. The van der Waals surface area contributed by atoms with Crippen molar-refractivity contribution in [3.8, 4) is 5.75 Å². The van der Waals surface area contributed by atoms with Crippen molar-refractivity contribution in [2.24, 2.45) is 5.10 Å². The van der Waals surface area contributed by atoms with Gasteiger partial charge in [0.15, 0.2) is 0 Å². The van der Waals surface area contributed by atoms with Gasteiger partial charge >= 0.3 is 0 Å². The Hall–Kier alpha value is -2.62. The molecule has 0 bridgehead atoms. The van der Waals surface area contributed by atoms with E-state index in [1.165, 1.54) is 0 Å². The lowest BCUT2D eigenvalue weighted by molar-refractivity contribution is 0.0954. The Morgan fingerprint density at radius 1 is 1.05 bits per heavy atom. The first-order chi connectivity index (χ1) is 10.7. The SMILES string of the molecule is CCC/C(=N/NC(=O)c1ccc(OC)cc1)c1ccccc1. The van der Waals surface area contributed by atoms with Gasteiger partial charge in [0.1, 0.15) is 5.75 Å². The molecule has 0 aliphatic heterocycles. The molecule has 0 saturated heterocycles. The molecule has 1 N–H and O–H groups in total. The lowest BCUT2D eigenvalue weighted by atomic mass is 10.1. The number of hydrogen-bond donors (Lipinski definition) is 1. The minimum atomic E-state index is -0.229. The van der Waals surface area contributed by atoms with Gasteiger partial charge in [0.2, 0.25) is 0 Å². The van der Waals surface area contributed by atoms with Crippen LogP contribution in [0, 0.1) is 0 Å². The van der Waals surface area contributed by atoms with Crippen LogP contribution in [0.15, 0.2) is 59.7 Å². The Morgan fingerprint density at radius 2 is 1.73 bits per heavy atom. The lowest BCUT2D eigenvalue weighted by Gasteiger charge is -2.07. The molecule has 0 spiro atoms. The number of nitrogens with one attached hydrogen (secondary N) is 1. The van der Waals surface area contributed by atoms with Crippen LogP contribution in [0.5, 0.6) is 5.75 Å². The molecule has 0 aliphatic carbocycles. The average Bonchev–Trinajstić information content (AvgIpc) is 2.59. The summed E-state index contributed by atoms with van der Waals surface area (Å²) in [6.07, 6.45) is 1.78. The summed E-state index contributed by atoms with van der Waals surface area (Å²) in [6, 6.07) is 16.8. The highest BCUT2D eigenvalue weighted by Crippen LogP contribution is 2.11. The normalized spacial score (nSPS) is 11.1. The van der Waals surface area contributed by atoms with Crippen LogP contribution >= 0.6 is 0 Å². The number of carbonyl (C=O) groups is 1. The summed E-state index contributed by atoms with van der Waals surface area (Å²) in [5.41, 5.74) is 5.08. The minimum Gasteiger partial charge on any atom is -0.497 e.